The molecule has 1 N–H and O–H groups in total. The second-order valence-corrected chi connectivity index (χ2v) is 7.71. The zero-order valence-corrected chi connectivity index (χ0v) is 15.8. The minimum Gasteiger partial charge on any atom is -0.385 e. The number of rotatable bonds is 4. The van der Waals surface area contributed by atoms with Crippen molar-refractivity contribution in [2.45, 2.75) is 30.8 Å². The predicted octanol–water partition coefficient (Wildman–Crippen LogP) is 3.83. The molecule has 4 aromatic rings. The van der Waals surface area contributed by atoms with Crippen LogP contribution < -0.4 is 0 Å². The van der Waals surface area contributed by atoms with Gasteiger partial charge in [-0.25, -0.2) is 4.68 Å². The number of benzene rings is 3. The zero-order valence-electron chi connectivity index (χ0n) is 15.8. The van der Waals surface area contributed by atoms with Crippen LogP contribution in [0, 0.1) is 0 Å². The smallest absolute Gasteiger partial charge is 0.230 e. The Morgan fingerprint density at radius 3 is 1.93 bits per heavy atom. The molecule has 0 bridgehead atoms. The lowest BCUT2D eigenvalue weighted by Gasteiger charge is -2.31. The van der Waals surface area contributed by atoms with E-state index >= 15 is 0 Å². The number of fused-ring (bicyclic) bond motifs is 1. The monoisotopic (exact) mass is 371 g/mol. The summed E-state index contributed by atoms with van der Waals surface area (Å²) in [4.78, 5) is 0. The molecule has 2 heterocycles. The summed E-state index contributed by atoms with van der Waals surface area (Å²) in [6.45, 7) is 3.52. The Kier molecular flexibility index (Phi) is 3.50. The van der Waals surface area contributed by atoms with Crippen LogP contribution in [0.4, 0.5) is 0 Å². The van der Waals surface area contributed by atoms with Crippen molar-refractivity contribution in [3.05, 3.63) is 96.1 Å². The number of ether oxygens (including phenoxy) is 1. The first-order valence-electron chi connectivity index (χ1n) is 9.35. The normalized spacial score (nSPS) is 21.0. The fourth-order valence-electron chi connectivity index (χ4n) is 4.33. The Labute approximate surface area is 163 Å². The van der Waals surface area contributed by atoms with Gasteiger partial charge < -0.3 is 9.84 Å². The molecule has 140 valence electrons. The maximum Gasteiger partial charge on any atom is 0.230 e. The molecular weight excluding hydrogens is 350 g/mol. The topological polar surface area (TPSA) is 63.5 Å². The minimum atomic E-state index is -1.24. The van der Waals surface area contributed by atoms with Crippen molar-refractivity contribution in [1.82, 2.24) is 15.0 Å². The molecule has 0 amide bonds. The van der Waals surface area contributed by atoms with Gasteiger partial charge in [0.2, 0.25) is 5.72 Å². The van der Waals surface area contributed by atoms with Gasteiger partial charge in [-0.1, -0.05) is 78.0 Å². The summed E-state index contributed by atoms with van der Waals surface area (Å²) < 4.78 is 8.33. The van der Waals surface area contributed by atoms with Crippen LogP contribution in [0.2, 0.25) is 0 Å². The lowest BCUT2D eigenvalue weighted by Crippen LogP contribution is -2.47. The van der Waals surface area contributed by atoms with Gasteiger partial charge in [0.05, 0.1) is 5.52 Å². The Balaban J connectivity index is 1.84. The first kappa shape index (κ1) is 17.1. The van der Waals surface area contributed by atoms with Crippen LogP contribution in [0.25, 0.3) is 11.0 Å². The average molecular weight is 371 g/mol. The highest BCUT2D eigenvalue weighted by atomic mass is 16.7. The highest BCUT2D eigenvalue weighted by Crippen LogP contribution is 2.67. The average Bonchev–Trinajstić information content (AvgIpc) is 3.28. The summed E-state index contributed by atoms with van der Waals surface area (Å²) in [5.74, 6) is 0. The van der Waals surface area contributed by atoms with E-state index in [1.54, 1.807) is 18.5 Å². The van der Waals surface area contributed by atoms with Crippen molar-refractivity contribution < 1.29 is 9.84 Å². The summed E-state index contributed by atoms with van der Waals surface area (Å²) in [5, 5.41) is 20.1. The number of hydrogen-bond donors (Lipinski definition) is 1. The third-order valence-electron chi connectivity index (χ3n) is 5.58. The van der Waals surface area contributed by atoms with Crippen LogP contribution in [-0.4, -0.2) is 25.7 Å². The van der Waals surface area contributed by atoms with Gasteiger partial charge in [-0.2, -0.15) is 0 Å². The van der Waals surface area contributed by atoms with Crippen molar-refractivity contribution in [2.24, 2.45) is 0 Å². The molecule has 3 aromatic carbocycles. The molecule has 1 aliphatic rings. The molecule has 5 rings (SSSR count). The molecule has 1 atom stereocenters. The standard InChI is InChI=1S/C23H21N3O2/c1-21(2,27)23(26-20-16-10-9-15-19(20)24-25-26)22(28-23,17-11-5-3-6-12-17)18-13-7-4-8-14-18/h3-16,27H,1-2H3. The number of para-hydroxylation sites is 1. The Morgan fingerprint density at radius 1 is 0.821 bits per heavy atom. The quantitative estimate of drug-likeness (QED) is 0.554. The van der Waals surface area contributed by atoms with Crippen LogP contribution in [0.1, 0.15) is 25.0 Å². The second kappa shape index (κ2) is 5.74. The van der Waals surface area contributed by atoms with Crippen molar-refractivity contribution in [3.63, 3.8) is 0 Å². The van der Waals surface area contributed by atoms with Gasteiger partial charge in [-0.3, -0.25) is 0 Å². The summed E-state index contributed by atoms with van der Waals surface area (Å²) in [5.41, 5.74) is 0.235. The van der Waals surface area contributed by atoms with Crippen LogP contribution in [0.5, 0.6) is 0 Å². The molecule has 0 aliphatic carbocycles. The van der Waals surface area contributed by atoms with Crippen molar-refractivity contribution >= 4 is 11.0 Å². The van der Waals surface area contributed by atoms with Crippen LogP contribution in [-0.2, 0) is 16.1 Å². The molecule has 1 unspecified atom stereocenters. The number of epoxide rings is 1. The molecule has 28 heavy (non-hydrogen) atoms. The first-order valence-corrected chi connectivity index (χ1v) is 9.35. The Bertz CT molecular complexity index is 1090. The minimum absolute atomic E-state index is 0.761. The summed E-state index contributed by atoms with van der Waals surface area (Å²) in [7, 11) is 0. The lowest BCUT2D eigenvalue weighted by molar-refractivity contribution is -0.0509. The summed E-state index contributed by atoms with van der Waals surface area (Å²) in [6.07, 6.45) is 0. The highest BCUT2D eigenvalue weighted by Gasteiger charge is 2.80. The molecule has 5 heteroatoms. The van der Waals surface area contributed by atoms with E-state index in [4.69, 9.17) is 4.74 Å². The maximum absolute atomic E-state index is 11.4. The molecule has 1 aliphatic heterocycles. The summed E-state index contributed by atoms with van der Waals surface area (Å²) >= 11 is 0. The molecule has 0 saturated carbocycles. The molecule has 0 spiro atoms. The van der Waals surface area contributed by atoms with Crippen LogP contribution in [0.3, 0.4) is 0 Å². The molecule has 1 fully saturated rings. The van der Waals surface area contributed by atoms with Gasteiger partial charge in [0.25, 0.3) is 0 Å². The number of nitrogens with zero attached hydrogens (tertiary/aromatic N) is 3. The number of aromatic nitrogens is 3. The largest absolute Gasteiger partial charge is 0.385 e. The SMILES string of the molecule is CC(C)(O)C1(n2nnc3ccccc32)OC1(c1ccccc1)c1ccccc1. The molecule has 5 nitrogen and oxygen atoms in total. The maximum atomic E-state index is 11.4. The molecule has 1 saturated heterocycles. The van der Waals surface area contributed by atoms with Crippen molar-refractivity contribution in [3.8, 4) is 0 Å². The van der Waals surface area contributed by atoms with Gasteiger partial charge in [0, 0.05) is 0 Å². The summed E-state index contributed by atoms with van der Waals surface area (Å²) in [6, 6.07) is 27.7. The van der Waals surface area contributed by atoms with E-state index in [2.05, 4.69) is 10.3 Å². The van der Waals surface area contributed by atoms with E-state index in [1.165, 1.54) is 0 Å². The van der Waals surface area contributed by atoms with Crippen LogP contribution in [0.15, 0.2) is 84.9 Å². The highest BCUT2D eigenvalue weighted by molar-refractivity contribution is 5.74. The van der Waals surface area contributed by atoms with E-state index in [0.29, 0.717) is 0 Å². The van der Waals surface area contributed by atoms with Gasteiger partial charge in [0.15, 0.2) is 5.60 Å². The number of aliphatic hydroxyl groups is 1. The number of hydrogen-bond acceptors (Lipinski definition) is 4. The van der Waals surface area contributed by atoms with E-state index in [1.807, 2.05) is 84.9 Å². The van der Waals surface area contributed by atoms with E-state index in [9.17, 15) is 5.11 Å². The van der Waals surface area contributed by atoms with Crippen molar-refractivity contribution in [1.29, 1.82) is 0 Å². The third kappa shape index (κ3) is 2.08. The van der Waals surface area contributed by atoms with Crippen LogP contribution >= 0.6 is 0 Å². The second-order valence-electron chi connectivity index (χ2n) is 7.71. The fourth-order valence-corrected chi connectivity index (χ4v) is 4.33. The lowest BCUT2D eigenvalue weighted by atomic mass is 9.78. The predicted molar refractivity (Wildman–Crippen MR) is 107 cm³/mol. The van der Waals surface area contributed by atoms with Gasteiger partial charge in [-0.05, 0) is 37.1 Å². The van der Waals surface area contributed by atoms with E-state index in [0.717, 1.165) is 22.2 Å². The van der Waals surface area contributed by atoms with E-state index in [-0.39, 0.29) is 0 Å². The van der Waals surface area contributed by atoms with Gasteiger partial charge in [0.1, 0.15) is 11.1 Å². The Hall–Kier alpha value is -3.02. The van der Waals surface area contributed by atoms with Gasteiger partial charge in [-0.15, -0.1) is 5.10 Å². The Morgan fingerprint density at radius 2 is 1.36 bits per heavy atom. The zero-order chi connectivity index (χ0) is 19.4. The van der Waals surface area contributed by atoms with Gasteiger partial charge >= 0.3 is 0 Å². The fraction of sp³-hybridized carbons (Fsp3) is 0.217. The molecule has 1 aromatic heterocycles. The van der Waals surface area contributed by atoms with Crippen molar-refractivity contribution in [2.75, 3.05) is 0 Å². The molecule has 0 radical (unpaired) electrons. The third-order valence-corrected chi connectivity index (χ3v) is 5.58. The van der Waals surface area contributed by atoms with E-state index < -0.39 is 16.9 Å². The first-order chi connectivity index (χ1) is 13.5. The molecular formula is C23H21N3O2.